The first-order valence-electron chi connectivity index (χ1n) is 9.95. The van der Waals surface area contributed by atoms with Crippen molar-refractivity contribution in [1.29, 1.82) is 0 Å². The van der Waals surface area contributed by atoms with E-state index in [0.717, 1.165) is 36.8 Å². The number of amides is 1. The molecule has 4 bridgehead atoms. The summed E-state index contributed by atoms with van der Waals surface area (Å²) >= 11 is 0. The van der Waals surface area contributed by atoms with Gasteiger partial charge >= 0.3 is 6.55 Å². The Hall–Kier alpha value is -1.50. The SMILES string of the molecule is O=C(c1ccn(C(F)F)n1)N1CCN(C2C3CC4CC(C3)CC2C4)CC1. The highest BCUT2D eigenvalue weighted by atomic mass is 19.3. The van der Waals surface area contributed by atoms with Crippen LogP contribution in [0.3, 0.4) is 0 Å². The third-order valence-corrected chi connectivity index (χ3v) is 7.23. The second-order valence-electron chi connectivity index (χ2n) is 8.71. The molecule has 0 atom stereocenters. The van der Waals surface area contributed by atoms with Gasteiger partial charge in [-0.1, -0.05) is 0 Å². The van der Waals surface area contributed by atoms with Crippen molar-refractivity contribution < 1.29 is 13.6 Å². The maximum absolute atomic E-state index is 12.7. The summed E-state index contributed by atoms with van der Waals surface area (Å²) in [5, 5.41) is 3.72. The van der Waals surface area contributed by atoms with Crippen LogP contribution in [0, 0.1) is 23.7 Å². The lowest BCUT2D eigenvalue weighted by molar-refractivity contribution is -0.0743. The number of carbonyl (C=O) groups is 1. The summed E-state index contributed by atoms with van der Waals surface area (Å²) in [7, 11) is 0. The van der Waals surface area contributed by atoms with Crippen LogP contribution in [0.1, 0.15) is 49.1 Å². The highest BCUT2D eigenvalue weighted by Gasteiger charge is 2.50. The Morgan fingerprint density at radius 3 is 2.15 bits per heavy atom. The molecule has 4 aliphatic carbocycles. The molecule has 0 unspecified atom stereocenters. The summed E-state index contributed by atoms with van der Waals surface area (Å²) in [5.74, 6) is 3.43. The van der Waals surface area contributed by atoms with Gasteiger partial charge < -0.3 is 4.90 Å². The Balaban J connectivity index is 1.21. The molecule has 0 radical (unpaired) electrons. The van der Waals surface area contributed by atoms with Crippen LogP contribution >= 0.6 is 0 Å². The summed E-state index contributed by atoms with van der Waals surface area (Å²) in [6, 6.07) is 2.09. The molecule has 0 aromatic carbocycles. The van der Waals surface area contributed by atoms with Crippen LogP contribution < -0.4 is 0 Å². The van der Waals surface area contributed by atoms with E-state index in [1.54, 1.807) is 4.90 Å². The van der Waals surface area contributed by atoms with Crippen molar-refractivity contribution in [3.8, 4) is 0 Å². The molecule has 1 aromatic heterocycles. The molecule has 1 aromatic rings. The molecule has 6 rings (SSSR count). The third kappa shape index (κ3) is 2.75. The van der Waals surface area contributed by atoms with Crippen molar-refractivity contribution >= 4 is 5.91 Å². The summed E-state index contributed by atoms with van der Waals surface area (Å²) in [6.45, 7) is 0.430. The molecule has 2 heterocycles. The van der Waals surface area contributed by atoms with E-state index in [1.165, 1.54) is 44.4 Å². The van der Waals surface area contributed by atoms with E-state index in [9.17, 15) is 13.6 Å². The van der Waals surface area contributed by atoms with Gasteiger partial charge in [-0.2, -0.15) is 13.9 Å². The van der Waals surface area contributed by atoms with E-state index in [4.69, 9.17) is 0 Å². The Kier molecular flexibility index (Phi) is 4.03. The van der Waals surface area contributed by atoms with Crippen molar-refractivity contribution in [3.05, 3.63) is 18.0 Å². The van der Waals surface area contributed by atoms with Crippen LogP contribution in [-0.2, 0) is 0 Å². The molecule has 5 aliphatic rings. The number of nitrogens with zero attached hydrogens (tertiary/aromatic N) is 4. The quantitative estimate of drug-likeness (QED) is 0.828. The minimum Gasteiger partial charge on any atom is -0.335 e. The van der Waals surface area contributed by atoms with Crippen LogP contribution in [0.2, 0.25) is 0 Å². The maximum Gasteiger partial charge on any atom is 0.333 e. The zero-order valence-corrected chi connectivity index (χ0v) is 14.9. The molecule has 7 heteroatoms. The smallest absolute Gasteiger partial charge is 0.333 e. The van der Waals surface area contributed by atoms with E-state index < -0.39 is 6.55 Å². The molecule has 5 nitrogen and oxygen atoms in total. The lowest BCUT2D eigenvalue weighted by Gasteiger charge is -2.58. The zero-order valence-electron chi connectivity index (χ0n) is 14.9. The molecule has 1 saturated heterocycles. The molecule has 4 saturated carbocycles. The molecule has 26 heavy (non-hydrogen) atoms. The number of piperazine rings is 1. The van der Waals surface area contributed by atoms with Crippen molar-refractivity contribution in [2.45, 2.75) is 44.7 Å². The number of hydrogen-bond donors (Lipinski definition) is 0. The fourth-order valence-corrected chi connectivity index (χ4v) is 6.44. The second kappa shape index (κ2) is 6.29. The zero-order chi connectivity index (χ0) is 17.8. The van der Waals surface area contributed by atoms with Gasteiger partial charge in [0.25, 0.3) is 5.91 Å². The van der Waals surface area contributed by atoms with Crippen molar-refractivity contribution in [1.82, 2.24) is 19.6 Å². The molecule has 1 amide bonds. The van der Waals surface area contributed by atoms with Crippen LogP contribution in [0.25, 0.3) is 0 Å². The number of halogens is 2. The van der Waals surface area contributed by atoms with Crippen LogP contribution in [0.5, 0.6) is 0 Å². The molecular weight excluding hydrogens is 338 g/mol. The Morgan fingerprint density at radius 1 is 1.00 bits per heavy atom. The number of carbonyl (C=O) groups excluding carboxylic acids is 1. The fourth-order valence-electron chi connectivity index (χ4n) is 6.44. The molecule has 0 spiro atoms. The fraction of sp³-hybridized carbons (Fsp3) is 0.789. The third-order valence-electron chi connectivity index (χ3n) is 7.23. The van der Waals surface area contributed by atoms with E-state index in [0.29, 0.717) is 23.8 Å². The standard InChI is InChI=1S/C19H26F2N4O/c20-19(21)25-2-1-16(22-25)18(26)24-5-3-23(4-6-24)17-14-8-12-7-13(10-14)11-15(17)9-12/h1-2,12-15,17,19H,3-11H2. The van der Waals surface area contributed by atoms with Crippen LogP contribution in [0.4, 0.5) is 8.78 Å². The van der Waals surface area contributed by atoms with E-state index in [1.807, 2.05) is 0 Å². The summed E-state index contributed by atoms with van der Waals surface area (Å²) in [5.41, 5.74) is 0.119. The van der Waals surface area contributed by atoms with Crippen molar-refractivity contribution in [2.75, 3.05) is 26.2 Å². The largest absolute Gasteiger partial charge is 0.335 e. The lowest BCUT2D eigenvalue weighted by Crippen LogP contribution is -2.60. The molecule has 0 N–H and O–H groups in total. The minimum atomic E-state index is -2.70. The Morgan fingerprint density at radius 2 is 1.62 bits per heavy atom. The van der Waals surface area contributed by atoms with Gasteiger partial charge in [-0.15, -0.1) is 0 Å². The predicted octanol–water partition coefficient (Wildman–Crippen LogP) is 2.86. The minimum absolute atomic E-state index is 0.119. The molecular formula is C19H26F2N4O. The number of rotatable bonds is 3. The monoisotopic (exact) mass is 364 g/mol. The van der Waals surface area contributed by atoms with Crippen molar-refractivity contribution in [3.63, 3.8) is 0 Å². The topological polar surface area (TPSA) is 41.4 Å². The van der Waals surface area contributed by atoms with Crippen LogP contribution in [-0.4, -0.2) is 57.7 Å². The first-order chi connectivity index (χ1) is 12.6. The highest BCUT2D eigenvalue weighted by Crippen LogP contribution is 2.55. The summed E-state index contributed by atoms with van der Waals surface area (Å²) < 4.78 is 25.8. The summed E-state index contributed by atoms with van der Waals surface area (Å²) in [6.07, 6.45) is 8.25. The Labute approximate surface area is 152 Å². The van der Waals surface area contributed by atoms with Gasteiger partial charge in [-0.3, -0.25) is 9.69 Å². The lowest BCUT2D eigenvalue weighted by atomic mass is 9.54. The number of aromatic nitrogens is 2. The van der Waals surface area contributed by atoms with Crippen LogP contribution in [0.15, 0.2) is 12.3 Å². The molecule has 1 aliphatic heterocycles. The molecule has 5 fully saturated rings. The number of alkyl halides is 2. The maximum atomic E-state index is 12.7. The van der Waals surface area contributed by atoms with E-state index >= 15 is 0 Å². The van der Waals surface area contributed by atoms with Gasteiger partial charge in [0, 0.05) is 38.4 Å². The average molecular weight is 364 g/mol. The van der Waals surface area contributed by atoms with Gasteiger partial charge in [-0.25, -0.2) is 4.68 Å². The van der Waals surface area contributed by atoms with Gasteiger partial charge in [-0.05, 0) is 61.8 Å². The second-order valence-corrected chi connectivity index (χ2v) is 8.71. The predicted molar refractivity (Wildman–Crippen MR) is 91.8 cm³/mol. The first-order valence-corrected chi connectivity index (χ1v) is 9.95. The Bertz CT molecular complexity index is 655. The van der Waals surface area contributed by atoms with Crippen molar-refractivity contribution in [2.24, 2.45) is 23.7 Å². The van der Waals surface area contributed by atoms with Gasteiger partial charge in [0.05, 0.1) is 0 Å². The summed E-state index contributed by atoms with van der Waals surface area (Å²) in [4.78, 5) is 16.9. The van der Waals surface area contributed by atoms with Gasteiger partial charge in [0.1, 0.15) is 0 Å². The van der Waals surface area contributed by atoms with Gasteiger partial charge in [0.2, 0.25) is 0 Å². The highest BCUT2D eigenvalue weighted by molar-refractivity contribution is 5.92. The average Bonchev–Trinajstić information content (AvgIpc) is 3.11. The van der Waals surface area contributed by atoms with E-state index in [2.05, 4.69) is 10.00 Å². The molecule has 142 valence electrons. The van der Waals surface area contributed by atoms with E-state index in [-0.39, 0.29) is 11.6 Å². The van der Waals surface area contributed by atoms with Gasteiger partial charge in [0.15, 0.2) is 5.69 Å². The first kappa shape index (κ1) is 16.7. The normalized spacial score (nSPS) is 36.9. The number of hydrogen-bond acceptors (Lipinski definition) is 3.